The van der Waals surface area contributed by atoms with Gasteiger partial charge in [-0.2, -0.15) is 0 Å². The molecule has 0 fully saturated rings. The van der Waals surface area contributed by atoms with E-state index in [1.807, 2.05) is 0 Å². The third-order valence-electron chi connectivity index (χ3n) is 2.96. The number of halogens is 1. The lowest BCUT2D eigenvalue weighted by Crippen LogP contribution is -2.07. The van der Waals surface area contributed by atoms with E-state index in [4.69, 9.17) is 10.5 Å². The number of esters is 1. The van der Waals surface area contributed by atoms with Crippen LogP contribution in [0.15, 0.2) is 18.2 Å². The van der Waals surface area contributed by atoms with Gasteiger partial charge in [-0.1, -0.05) is 39.0 Å². The Kier molecular flexibility index (Phi) is 6.93. The number of hydrogen-bond acceptors (Lipinski definition) is 3. The van der Waals surface area contributed by atoms with Gasteiger partial charge in [0.25, 0.3) is 0 Å². The van der Waals surface area contributed by atoms with E-state index >= 15 is 0 Å². The number of unbranched alkanes of at least 4 members (excludes halogenated alkanes) is 5. The van der Waals surface area contributed by atoms with Crippen LogP contribution in [0, 0.1) is 5.82 Å². The molecule has 0 aliphatic carbocycles. The molecule has 0 aliphatic rings. The third-order valence-corrected chi connectivity index (χ3v) is 2.96. The first-order valence-corrected chi connectivity index (χ1v) is 6.87. The van der Waals surface area contributed by atoms with Crippen molar-refractivity contribution in [1.82, 2.24) is 0 Å². The van der Waals surface area contributed by atoms with Crippen molar-refractivity contribution in [3.05, 3.63) is 29.6 Å². The molecule has 1 aromatic carbocycles. The Hall–Kier alpha value is -1.58. The highest BCUT2D eigenvalue weighted by Crippen LogP contribution is 2.13. The van der Waals surface area contributed by atoms with Gasteiger partial charge in [0.2, 0.25) is 0 Å². The lowest BCUT2D eigenvalue weighted by Gasteiger charge is -2.06. The average molecular weight is 267 g/mol. The highest BCUT2D eigenvalue weighted by Gasteiger charge is 2.09. The van der Waals surface area contributed by atoms with Crippen LogP contribution in [0.25, 0.3) is 0 Å². The largest absolute Gasteiger partial charge is 0.462 e. The minimum absolute atomic E-state index is 0.0333. The number of hydrogen-bond donors (Lipinski definition) is 1. The first-order chi connectivity index (χ1) is 9.15. The number of nitrogens with two attached hydrogens (primary N) is 1. The molecule has 0 unspecified atom stereocenters. The highest BCUT2D eigenvalue weighted by molar-refractivity contribution is 5.90. The van der Waals surface area contributed by atoms with Crippen LogP contribution < -0.4 is 5.73 Å². The Bertz CT molecular complexity index is 407. The normalized spacial score (nSPS) is 10.4. The predicted molar refractivity (Wildman–Crippen MR) is 74.5 cm³/mol. The maximum absolute atomic E-state index is 12.9. The number of nitrogen functional groups attached to an aromatic ring is 1. The van der Waals surface area contributed by atoms with Gasteiger partial charge in [-0.25, -0.2) is 9.18 Å². The van der Waals surface area contributed by atoms with Gasteiger partial charge in [0.05, 0.1) is 17.9 Å². The Morgan fingerprint density at radius 3 is 2.58 bits per heavy atom. The zero-order valence-corrected chi connectivity index (χ0v) is 11.5. The first-order valence-electron chi connectivity index (χ1n) is 6.87. The Balaban J connectivity index is 2.22. The van der Waals surface area contributed by atoms with Crippen LogP contribution in [0.5, 0.6) is 0 Å². The zero-order valence-electron chi connectivity index (χ0n) is 11.5. The van der Waals surface area contributed by atoms with Crippen molar-refractivity contribution in [3.63, 3.8) is 0 Å². The van der Waals surface area contributed by atoms with E-state index in [1.165, 1.54) is 43.9 Å². The van der Waals surface area contributed by atoms with Gasteiger partial charge in [0.1, 0.15) is 5.82 Å². The number of benzene rings is 1. The van der Waals surface area contributed by atoms with Crippen LogP contribution in [0.4, 0.5) is 10.1 Å². The fourth-order valence-electron chi connectivity index (χ4n) is 1.80. The van der Waals surface area contributed by atoms with Gasteiger partial charge >= 0.3 is 5.97 Å². The van der Waals surface area contributed by atoms with Crippen LogP contribution in [0.3, 0.4) is 0 Å². The molecule has 0 heterocycles. The standard InChI is InChI=1S/C15H22FNO2/c1-2-3-4-5-6-7-10-19-15(18)12-8-9-13(16)14(17)11-12/h8-9,11H,2-7,10,17H2,1H3. The Morgan fingerprint density at radius 1 is 1.21 bits per heavy atom. The summed E-state index contributed by atoms with van der Waals surface area (Å²) in [4.78, 5) is 11.6. The molecule has 0 radical (unpaired) electrons. The van der Waals surface area contributed by atoms with Crippen molar-refractivity contribution in [2.24, 2.45) is 0 Å². The number of carbonyl (C=O) groups is 1. The maximum atomic E-state index is 12.9. The van der Waals surface area contributed by atoms with E-state index in [9.17, 15) is 9.18 Å². The minimum atomic E-state index is -0.521. The van der Waals surface area contributed by atoms with E-state index in [1.54, 1.807) is 0 Å². The molecule has 1 aromatic rings. The molecule has 0 amide bonds. The molecule has 3 nitrogen and oxygen atoms in total. The van der Waals surface area contributed by atoms with E-state index in [0.717, 1.165) is 12.8 Å². The predicted octanol–water partition coefficient (Wildman–Crippen LogP) is 3.93. The van der Waals surface area contributed by atoms with Crippen LogP contribution >= 0.6 is 0 Å². The summed E-state index contributed by atoms with van der Waals surface area (Å²) in [6.07, 6.45) is 6.83. The van der Waals surface area contributed by atoms with E-state index in [-0.39, 0.29) is 5.69 Å². The van der Waals surface area contributed by atoms with Crippen molar-refractivity contribution in [1.29, 1.82) is 0 Å². The molecule has 19 heavy (non-hydrogen) atoms. The minimum Gasteiger partial charge on any atom is -0.462 e. The van der Waals surface area contributed by atoms with Crippen LogP contribution in [-0.2, 0) is 4.74 Å². The van der Waals surface area contributed by atoms with Gasteiger partial charge in [-0.3, -0.25) is 0 Å². The van der Waals surface area contributed by atoms with Crippen molar-refractivity contribution in [3.8, 4) is 0 Å². The summed E-state index contributed by atoms with van der Waals surface area (Å²) in [6.45, 7) is 2.58. The van der Waals surface area contributed by atoms with Gasteiger partial charge in [0.15, 0.2) is 0 Å². The van der Waals surface area contributed by atoms with Crippen LogP contribution in [-0.4, -0.2) is 12.6 Å². The summed E-state index contributed by atoms with van der Waals surface area (Å²) in [7, 11) is 0. The molecule has 0 aromatic heterocycles. The third kappa shape index (κ3) is 5.73. The van der Waals surface area contributed by atoms with Crippen molar-refractivity contribution in [2.45, 2.75) is 45.4 Å². The second kappa shape index (κ2) is 8.51. The van der Waals surface area contributed by atoms with Gasteiger partial charge in [0, 0.05) is 0 Å². The summed E-state index contributed by atoms with van der Waals surface area (Å²) >= 11 is 0. The van der Waals surface area contributed by atoms with Crippen molar-refractivity contribution < 1.29 is 13.9 Å². The van der Waals surface area contributed by atoms with E-state index < -0.39 is 11.8 Å². The second-order valence-electron chi connectivity index (χ2n) is 4.64. The molecule has 4 heteroatoms. The molecule has 0 bridgehead atoms. The molecule has 1 rings (SSSR count). The summed E-state index contributed by atoms with van der Waals surface area (Å²) in [5, 5.41) is 0. The molecule has 2 N–H and O–H groups in total. The first kappa shape index (κ1) is 15.5. The molecule has 0 atom stereocenters. The lowest BCUT2D eigenvalue weighted by molar-refractivity contribution is 0.0497. The van der Waals surface area contributed by atoms with Gasteiger partial charge in [-0.15, -0.1) is 0 Å². The molecule has 0 aliphatic heterocycles. The van der Waals surface area contributed by atoms with E-state index in [0.29, 0.717) is 12.2 Å². The quantitative estimate of drug-likeness (QED) is 0.441. The van der Waals surface area contributed by atoms with Gasteiger partial charge in [-0.05, 0) is 24.6 Å². The number of carbonyl (C=O) groups excluding carboxylic acids is 1. The monoisotopic (exact) mass is 267 g/mol. The summed E-state index contributed by atoms with van der Waals surface area (Å²) in [5.74, 6) is -0.965. The highest BCUT2D eigenvalue weighted by atomic mass is 19.1. The van der Waals surface area contributed by atoms with Crippen molar-refractivity contribution in [2.75, 3.05) is 12.3 Å². The molecular weight excluding hydrogens is 245 g/mol. The molecule has 0 spiro atoms. The summed E-state index contributed by atoms with van der Waals surface area (Å²) < 4.78 is 18.1. The molecule has 0 saturated carbocycles. The topological polar surface area (TPSA) is 52.3 Å². The Labute approximate surface area is 113 Å². The summed E-state index contributed by atoms with van der Waals surface area (Å²) in [6, 6.07) is 3.87. The number of anilines is 1. The number of rotatable bonds is 8. The zero-order chi connectivity index (χ0) is 14.1. The fraction of sp³-hybridized carbons (Fsp3) is 0.533. The fourth-order valence-corrected chi connectivity index (χ4v) is 1.80. The van der Waals surface area contributed by atoms with Crippen molar-refractivity contribution >= 4 is 11.7 Å². The Morgan fingerprint density at radius 2 is 1.89 bits per heavy atom. The van der Waals surface area contributed by atoms with Crippen LogP contribution in [0.2, 0.25) is 0 Å². The lowest BCUT2D eigenvalue weighted by atomic mass is 10.1. The molecule has 0 saturated heterocycles. The van der Waals surface area contributed by atoms with Crippen LogP contribution in [0.1, 0.15) is 55.8 Å². The smallest absolute Gasteiger partial charge is 0.338 e. The van der Waals surface area contributed by atoms with Gasteiger partial charge < -0.3 is 10.5 Å². The maximum Gasteiger partial charge on any atom is 0.338 e. The van der Waals surface area contributed by atoms with E-state index in [2.05, 4.69) is 6.92 Å². The molecule has 106 valence electrons. The second-order valence-corrected chi connectivity index (χ2v) is 4.64. The average Bonchev–Trinajstić information content (AvgIpc) is 2.40. The number of ether oxygens (including phenoxy) is 1. The SMILES string of the molecule is CCCCCCCCOC(=O)c1ccc(F)c(N)c1. The molecular formula is C15H22FNO2. The summed E-state index contributed by atoms with van der Waals surface area (Å²) in [5.41, 5.74) is 5.66.